The van der Waals surface area contributed by atoms with Gasteiger partial charge >= 0.3 is 0 Å². The molecule has 0 spiro atoms. The summed E-state index contributed by atoms with van der Waals surface area (Å²) in [5.41, 5.74) is 6.21. The zero-order chi connectivity index (χ0) is 29.2. The van der Waals surface area contributed by atoms with Crippen molar-refractivity contribution in [3.8, 4) is 17.0 Å². The average Bonchev–Trinajstić information content (AvgIpc) is 3.50. The number of aliphatic imine (C=N–C) groups is 1. The van der Waals surface area contributed by atoms with Gasteiger partial charge in [0.1, 0.15) is 5.75 Å². The van der Waals surface area contributed by atoms with Crippen molar-refractivity contribution in [2.24, 2.45) is 4.99 Å². The van der Waals surface area contributed by atoms with Gasteiger partial charge in [-0.3, -0.25) is 9.89 Å². The second kappa shape index (κ2) is 12.0. The number of nitrogens with zero attached hydrogens (tertiary/aromatic N) is 4. The van der Waals surface area contributed by atoms with Crippen LogP contribution in [0, 0.1) is 0 Å². The molecule has 0 radical (unpaired) electrons. The number of aromatic amines is 1. The lowest BCUT2D eigenvalue weighted by Gasteiger charge is -2.34. The van der Waals surface area contributed by atoms with Crippen LogP contribution in [0.4, 0.5) is 5.69 Å². The van der Waals surface area contributed by atoms with Gasteiger partial charge in [0.25, 0.3) is 5.91 Å². The largest absolute Gasteiger partial charge is 0.497 e. The van der Waals surface area contributed by atoms with E-state index >= 15 is 0 Å². The van der Waals surface area contributed by atoms with Gasteiger partial charge in [0.05, 0.1) is 24.2 Å². The number of fused-ring (bicyclic) bond motifs is 1. The van der Waals surface area contributed by atoms with Crippen LogP contribution >= 0.6 is 23.8 Å². The molecule has 1 aromatic heterocycles. The first-order valence-electron chi connectivity index (χ1n) is 13.9. The van der Waals surface area contributed by atoms with Crippen molar-refractivity contribution in [3.63, 3.8) is 0 Å². The first-order chi connectivity index (χ1) is 20.4. The molecular weight excluding hydrogens is 568 g/mol. The fourth-order valence-corrected chi connectivity index (χ4v) is 5.99. The Hall–Kier alpha value is -4.21. The molecule has 1 amide bonds. The Balaban J connectivity index is 1.16. The number of hydrogen-bond donors (Lipinski definition) is 2. The molecular formula is C32H31ClN6O2S. The van der Waals surface area contributed by atoms with Gasteiger partial charge in [0.15, 0.2) is 5.11 Å². The lowest BCUT2D eigenvalue weighted by atomic mass is 9.93. The van der Waals surface area contributed by atoms with Gasteiger partial charge in [-0.05, 0) is 73.6 Å². The molecule has 1 fully saturated rings. The number of carbonyl (C=O) groups excluding carboxylic acids is 1. The number of H-pyrrole nitrogens is 1. The lowest BCUT2D eigenvalue weighted by Crippen LogP contribution is -2.52. The Morgan fingerprint density at radius 1 is 1.02 bits per heavy atom. The highest BCUT2D eigenvalue weighted by Crippen LogP contribution is 2.32. The Labute approximate surface area is 255 Å². The number of thiocarbonyl (C=S) groups is 1. The number of ether oxygens (including phenoxy) is 1. The first-order valence-corrected chi connectivity index (χ1v) is 14.7. The van der Waals surface area contributed by atoms with E-state index in [1.165, 1.54) is 0 Å². The summed E-state index contributed by atoms with van der Waals surface area (Å²) in [6.45, 7) is 1.52. The molecule has 0 aliphatic carbocycles. The van der Waals surface area contributed by atoms with Gasteiger partial charge in [-0.1, -0.05) is 41.9 Å². The van der Waals surface area contributed by atoms with Gasteiger partial charge in [-0.15, -0.1) is 0 Å². The smallest absolute Gasteiger partial charge is 0.272 e. The number of piperidine rings is 1. The number of methoxy groups -OCH3 is 1. The Bertz CT molecular complexity index is 1630. The van der Waals surface area contributed by atoms with E-state index in [1.807, 2.05) is 66.7 Å². The Morgan fingerprint density at radius 3 is 2.48 bits per heavy atom. The summed E-state index contributed by atoms with van der Waals surface area (Å²) in [5.74, 6) is 0.973. The van der Waals surface area contributed by atoms with Gasteiger partial charge in [0.2, 0.25) is 6.17 Å². The molecule has 4 aromatic rings. The first kappa shape index (κ1) is 27.9. The van der Waals surface area contributed by atoms with Crippen LogP contribution < -0.4 is 15.0 Å². The third kappa shape index (κ3) is 5.62. The van der Waals surface area contributed by atoms with Crippen LogP contribution in [0.15, 0.2) is 83.9 Å². The number of hydrogen-bond acceptors (Lipinski definition) is 5. The minimum atomic E-state index is -0.874. The molecule has 3 aromatic carbocycles. The fourth-order valence-electron chi connectivity index (χ4n) is 5.52. The van der Waals surface area contributed by atoms with Crippen LogP contribution in [0.3, 0.4) is 0 Å². The molecule has 2 aliphatic heterocycles. The van der Waals surface area contributed by atoms with E-state index in [0.717, 1.165) is 65.4 Å². The van der Waals surface area contributed by atoms with Crippen molar-refractivity contribution in [2.75, 3.05) is 32.1 Å². The van der Waals surface area contributed by atoms with E-state index in [1.54, 1.807) is 25.1 Å². The summed E-state index contributed by atoms with van der Waals surface area (Å²) in [5, 5.41) is 12.1. The van der Waals surface area contributed by atoms with E-state index in [4.69, 9.17) is 33.5 Å². The molecule has 214 valence electrons. The monoisotopic (exact) mass is 598 g/mol. The van der Waals surface area contributed by atoms with Crippen molar-refractivity contribution in [1.29, 1.82) is 0 Å². The van der Waals surface area contributed by atoms with E-state index in [2.05, 4.69) is 26.5 Å². The number of amides is 1. The predicted molar refractivity (Wildman–Crippen MR) is 171 cm³/mol. The van der Waals surface area contributed by atoms with Crippen LogP contribution in [0.2, 0.25) is 5.02 Å². The molecule has 1 unspecified atom stereocenters. The third-order valence-corrected chi connectivity index (χ3v) is 8.52. The normalized spacial score (nSPS) is 17.4. The van der Waals surface area contributed by atoms with E-state index in [9.17, 15) is 4.79 Å². The SMILES string of the molecule is COc1ccc(-c2cc(C3CCN(C(=S)NC4N=C(c5ccccc5)c5cc(Cl)ccc5N(C)C4=O)CC3)[nH]n2)cc1. The van der Waals surface area contributed by atoms with E-state index in [0.29, 0.717) is 21.8 Å². The van der Waals surface area contributed by atoms with E-state index in [-0.39, 0.29) is 5.91 Å². The molecule has 6 rings (SSSR count). The van der Waals surface area contributed by atoms with Crippen molar-refractivity contribution in [2.45, 2.75) is 24.9 Å². The molecule has 3 heterocycles. The molecule has 8 nitrogen and oxygen atoms in total. The van der Waals surface area contributed by atoms with E-state index < -0.39 is 6.17 Å². The van der Waals surface area contributed by atoms with Crippen LogP contribution in [0.1, 0.15) is 35.6 Å². The number of nitrogens with one attached hydrogen (secondary N) is 2. The number of aromatic nitrogens is 2. The number of carbonyl (C=O) groups is 1. The Kier molecular flexibility index (Phi) is 7.95. The number of benzene rings is 3. The molecule has 2 aliphatic rings. The lowest BCUT2D eigenvalue weighted by molar-refractivity contribution is -0.119. The minimum Gasteiger partial charge on any atom is -0.497 e. The zero-order valence-corrected chi connectivity index (χ0v) is 25.0. The van der Waals surface area contributed by atoms with Gasteiger partial charge < -0.3 is 19.9 Å². The molecule has 0 saturated carbocycles. The van der Waals surface area contributed by atoms with Crippen molar-refractivity contribution in [1.82, 2.24) is 20.4 Å². The highest BCUT2D eigenvalue weighted by molar-refractivity contribution is 7.80. The van der Waals surface area contributed by atoms with Gasteiger partial charge in [0, 0.05) is 53.5 Å². The van der Waals surface area contributed by atoms with Crippen molar-refractivity contribution in [3.05, 3.63) is 101 Å². The fraction of sp³-hybridized carbons (Fsp3) is 0.250. The summed E-state index contributed by atoms with van der Waals surface area (Å²) in [6.07, 6.45) is 0.946. The summed E-state index contributed by atoms with van der Waals surface area (Å²) < 4.78 is 5.26. The summed E-state index contributed by atoms with van der Waals surface area (Å²) in [6, 6.07) is 25.3. The third-order valence-electron chi connectivity index (χ3n) is 7.91. The second-order valence-electron chi connectivity index (χ2n) is 10.5. The quantitative estimate of drug-likeness (QED) is 0.290. The number of rotatable bonds is 5. The van der Waals surface area contributed by atoms with Crippen LogP contribution in [-0.2, 0) is 4.79 Å². The van der Waals surface area contributed by atoms with Crippen molar-refractivity contribution >= 4 is 46.2 Å². The number of halogens is 1. The van der Waals surface area contributed by atoms with Crippen LogP contribution in [0.25, 0.3) is 11.3 Å². The topological polar surface area (TPSA) is 85.9 Å². The maximum absolute atomic E-state index is 13.6. The molecule has 42 heavy (non-hydrogen) atoms. The summed E-state index contributed by atoms with van der Waals surface area (Å²) in [7, 11) is 3.42. The molecule has 1 atom stereocenters. The number of benzodiazepines with no additional fused rings is 1. The van der Waals surface area contributed by atoms with Crippen LogP contribution in [-0.4, -0.2) is 65.2 Å². The molecule has 2 N–H and O–H groups in total. The van der Waals surface area contributed by atoms with Gasteiger partial charge in [-0.25, -0.2) is 4.99 Å². The summed E-state index contributed by atoms with van der Waals surface area (Å²) in [4.78, 5) is 22.3. The summed E-state index contributed by atoms with van der Waals surface area (Å²) >= 11 is 12.2. The maximum Gasteiger partial charge on any atom is 0.272 e. The molecule has 10 heteroatoms. The zero-order valence-electron chi connectivity index (χ0n) is 23.4. The molecule has 0 bridgehead atoms. The maximum atomic E-state index is 13.6. The van der Waals surface area contributed by atoms with Crippen LogP contribution in [0.5, 0.6) is 5.75 Å². The standard InChI is InChI=1S/C32H31ClN6O2S/c1-38-28-13-10-23(33)18-25(28)29(22-6-4-3-5-7-22)34-30(31(38)40)35-32(42)39-16-14-21(15-17-39)27-19-26(36-37-27)20-8-11-24(41-2)12-9-20/h3-13,18-19,21,30H,14-17H2,1-2H3,(H,35,42)(H,36,37). The Morgan fingerprint density at radius 2 is 1.76 bits per heavy atom. The second-order valence-corrected chi connectivity index (χ2v) is 11.3. The highest BCUT2D eigenvalue weighted by Gasteiger charge is 2.32. The number of likely N-dealkylation sites (N-methyl/N-ethyl adjacent to an activating group) is 1. The molecule has 1 saturated heterocycles. The number of likely N-dealkylation sites (tertiary alicyclic amines) is 1. The average molecular weight is 599 g/mol. The highest BCUT2D eigenvalue weighted by atomic mass is 35.5. The predicted octanol–water partition coefficient (Wildman–Crippen LogP) is 5.63. The minimum absolute atomic E-state index is 0.190. The van der Waals surface area contributed by atoms with Gasteiger partial charge in [-0.2, -0.15) is 5.10 Å². The van der Waals surface area contributed by atoms with Crippen molar-refractivity contribution < 1.29 is 9.53 Å². The number of anilines is 1.